The van der Waals surface area contributed by atoms with Crippen molar-refractivity contribution in [3.05, 3.63) is 65.4 Å². The van der Waals surface area contributed by atoms with Gasteiger partial charge in [-0.2, -0.15) is 5.26 Å². The van der Waals surface area contributed by atoms with E-state index in [-0.39, 0.29) is 23.6 Å². The van der Waals surface area contributed by atoms with E-state index < -0.39 is 12.3 Å². The normalized spacial score (nSPS) is 11.2. The maximum absolute atomic E-state index is 12.4. The molecule has 0 unspecified atom stereocenters. The van der Waals surface area contributed by atoms with Crippen molar-refractivity contribution >= 4 is 16.9 Å². The number of carbonyl (C=O) groups is 1. The Morgan fingerprint density at radius 2 is 1.93 bits per heavy atom. The summed E-state index contributed by atoms with van der Waals surface area (Å²) in [6, 6.07) is 14.3. The van der Waals surface area contributed by atoms with Crippen molar-refractivity contribution in [1.82, 2.24) is 4.57 Å². The Hall–Kier alpha value is -3.47. The summed E-state index contributed by atoms with van der Waals surface area (Å²) < 4.78 is 47.6. The van der Waals surface area contributed by atoms with Crippen LogP contribution in [-0.2, 0) is 11.3 Å². The molecule has 0 N–H and O–H groups in total. The van der Waals surface area contributed by atoms with Gasteiger partial charge in [-0.05, 0) is 23.8 Å². The van der Waals surface area contributed by atoms with Gasteiger partial charge in [-0.3, -0.25) is 0 Å². The molecular weight excluding hydrogens is 361 g/mol. The molecule has 0 amide bonds. The molecule has 0 fully saturated rings. The Morgan fingerprint density at radius 3 is 2.59 bits per heavy atom. The summed E-state index contributed by atoms with van der Waals surface area (Å²) in [5, 5.41) is 10.1. The average molecular weight is 374 g/mol. The zero-order valence-corrected chi connectivity index (χ0v) is 14.1. The number of carbonyl (C=O) groups excluding carboxylic acids is 1. The van der Waals surface area contributed by atoms with E-state index in [1.54, 1.807) is 34.9 Å². The van der Waals surface area contributed by atoms with Crippen LogP contribution >= 0.6 is 0 Å². The first kappa shape index (κ1) is 18.3. The number of nitriles is 1. The molecule has 3 rings (SSSR count). The first-order valence-electron chi connectivity index (χ1n) is 7.78. The summed E-state index contributed by atoms with van der Waals surface area (Å²) in [4.78, 5) is 12.3. The molecule has 8 heteroatoms. The van der Waals surface area contributed by atoms with Crippen molar-refractivity contribution in [3.63, 3.8) is 0 Å². The smallest absolute Gasteiger partial charge is 0.464 e. The molecule has 138 valence electrons. The molecule has 0 radical (unpaired) electrons. The molecule has 2 aromatic carbocycles. The van der Waals surface area contributed by atoms with Gasteiger partial charge in [0.15, 0.2) is 0 Å². The summed E-state index contributed by atoms with van der Waals surface area (Å²) in [5.41, 5.74) is 1.26. The lowest BCUT2D eigenvalue weighted by atomic mass is 10.1. The number of fused-ring (bicyclic) bond motifs is 1. The average Bonchev–Trinajstić information content (AvgIpc) is 2.93. The number of alkyl halides is 3. The van der Waals surface area contributed by atoms with Crippen LogP contribution in [0.4, 0.5) is 13.2 Å². The minimum atomic E-state index is -4.80. The number of benzene rings is 2. The van der Waals surface area contributed by atoms with Crippen LogP contribution in [0.3, 0.4) is 0 Å². The van der Waals surface area contributed by atoms with Crippen molar-refractivity contribution in [1.29, 1.82) is 5.26 Å². The van der Waals surface area contributed by atoms with E-state index in [9.17, 15) is 23.2 Å². The SMILES string of the molecule is COC(=O)c1c(C#N)c2ccccc2n1Cc1cccc(OC(F)(F)F)c1. The van der Waals surface area contributed by atoms with Gasteiger partial charge < -0.3 is 14.0 Å². The monoisotopic (exact) mass is 374 g/mol. The fourth-order valence-electron chi connectivity index (χ4n) is 2.91. The predicted molar refractivity (Wildman–Crippen MR) is 90.2 cm³/mol. The fourth-order valence-corrected chi connectivity index (χ4v) is 2.91. The van der Waals surface area contributed by atoms with Gasteiger partial charge in [-0.25, -0.2) is 4.79 Å². The number of hydrogen-bond donors (Lipinski definition) is 0. The van der Waals surface area contributed by atoms with Crippen molar-refractivity contribution in [2.45, 2.75) is 12.9 Å². The van der Waals surface area contributed by atoms with Gasteiger partial charge in [0.05, 0.1) is 18.2 Å². The van der Waals surface area contributed by atoms with E-state index in [1.165, 1.54) is 25.3 Å². The molecule has 0 bridgehead atoms. The molecule has 0 spiro atoms. The largest absolute Gasteiger partial charge is 0.573 e. The minimum absolute atomic E-state index is 0.0448. The van der Waals surface area contributed by atoms with Gasteiger partial charge in [0.1, 0.15) is 17.5 Å². The van der Waals surface area contributed by atoms with Gasteiger partial charge >= 0.3 is 12.3 Å². The summed E-state index contributed by atoms with van der Waals surface area (Å²) in [6.45, 7) is 0.0572. The van der Waals surface area contributed by atoms with Crippen molar-refractivity contribution in [2.75, 3.05) is 7.11 Å². The lowest BCUT2D eigenvalue weighted by Crippen LogP contribution is -2.17. The van der Waals surface area contributed by atoms with E-state index in [2.05, 4.69) is 4.74 Å². The lowest BCUT2D eigenvalue weighted by molar-refractivity contribution is -0.274. The maximum Gasteiger partial charge on any atom is 0.573 e. The second kappa shape index (κ2) is 7.03. The first-order chi connectivity index (χ1) is 12.8. The number of para-hydroxylation sites is 1. The van der Waals surface area contributed by atoms with Crippen LogP contribution in [0, 0.1) is 11.3 Å². The molecule has 1 aromatic heterocycles. The summed E-state index contributed by atoms with van der Waals surface area (Å²) in [6.07, 6.45) is -4.80. The molecule has 5 nitrogen and oxygen atoms in total. The maximum atomic E-state index is 12.4. The lowest BCUT2D eigenvalue weighted by Gasteiger charge is -2.12. The molecule has 0 aliphatic rings. The highest BCUT2D eigenvalue weighted by atomic mass is 19.4. The van der Waals surface area contributed by atoms with E-state index in [0.29, 0.717) is 16.5 Å². The number of rotatable bonds is 4. The summed E-state index contributed by atoms with van der Waals surface area (Å²) in [5.74, 6) is -1.07. The number of nitrogens with zero attached hydrogens (tertiary/aromatic N) is 2. The molecule has 0 aliphatic heterocycles. The Kier molecular flexibility index (Phi) is 4.77. The zero-order valence-electron chi connectivity index (χ0n) is 14.1. The number of ether oxygens (including phenoxy) is 2. The topological polar surface area (TPSA) is 64.2 Å². The molecule has 27 heavy (non-hydrogen) atoms. The third-order valence-corrected chi connectivity index (χ3v) is 3.93. The highest BCUT2D eigenvalue weighted by Crippen LogP contribution is 2.29. The van der Waals surface area contributed by atoms with Gasteiger partial charge in [0.25, 0.3) is 0 Å². The predicted octanol–water partition coefficient (Wildman–Crippen LogP) is 4.25. The summed E-state index contributed by atoms with van der Waals surface area (Å²) >= 11 is 0. The van der Waals surface area contributed by atoms with Gasteiger partial charge in [0, 0.05) is 11.9 Å². The van der Waals surface area contributed by atoms with Crippen LogP contribution in [0.25, 0.3) is 10.9 Å². The Balaban J connectivity index is 2.11. The van der Waals surface area contributed by atoms with E-state index >= 15 is 0 Å². The second-order valence-corrected chi connectivity index (χ2v) is 5.63. The van der Waals surface area contributed by atoms with Crippen LogP contribution in [0.15, 0.2) is 48.5 Å². The highest BCUT2D eigenvalue weighted by Gasteiger charge is 2.31. The van der Waals surface area contributed by atoms with Crippen molar-refractivity contribution in [2.24, 2.45) is 0 Å². The molecular formula is C19H13F3N2O3. The van der Waals surface area contributed by atoms with Crippen LogP contribution in [0.1, 0.15) is 21.6 Å². The van der Waals surface area contributed by atoms with Crippen LogP contribution in [0.2, 0.25) is 0 Å². The number of esters is 1. The molecule has 0 aliphatic carbocycles. The van der Waals surface area contributed by atoms with Crippen LogP contribution < -0.4 is 4.74 Å². The quantitative estimate of drug-likeness (QED) is 0.641. The highest BCUT2D eigenvalue weighted by molar-refractivity contribution is 6.01. The number of aromatic nitrogens is 1. The van der Waals surface area contributed by atoms with Gasteiger partial charge in [0.2, 0.25) is 0 Å². The third kappa shape index (κ3) is 3.72. The summed E-state index contributed by atoms with van der Waals surface area (Å²) in [7, 11) is 1.20. The number of hydrogen-bond acceptors (Lipinski definition) is 4. The van der Waals surface area contributed by atoms with E-state index in [0.717, 1.165) is 0 Å². The van der Waals surface area contributed by atoms with Crippen molar-refractivity contribution in [3.8, 4) is 11.8 Å². The number of halogens is 3. The molecule has 1 heterocycles. The molecule has 0 atom stereocenters. The van der Waals surface area contributed by atoms with E-state index in [1.807, 2.05) is 6.07 Å². The van der Waals surface area contributed by atoms with Gasteiger partial charge in [-0.1, -0.05) is 30.3 Å². The first-order valence-corrected chi connectivity index (χ1v) is 7.78. The van der Waals surface area contributed by atoms with Crippen molar-refractivity contribution < 1.29 is 27.4 Å². The van der Waals surface area contributed by atoms with Gasteiger partial charge in [-0.15, -0.1) is 13.2 Å². The third-order valence-electron chi connectivity index (χ3n) is 3.93. The molecule has 0 saturated carbocycles. The fraction of sp³-hybridized carbons (Fsp3) is 0.158. The molecule has 0 saturated heterocycles. The van der Waals surface area contributed by atoms with Crippen LogP contribution in [0.5, 0.6) is 5.75 Å². The van der Waals surface area contributed by atoms with Crippen LogP contribution in [-0.4, -0.2) is 24.0 Å². The molecule has 3 aromatic rings. The zero-order chi connectivity index (χ0) is 19.6. The standard InChI is InChI=1S/C19H13F3N2O3/c1-26-18(25)17-15(10-23)14-7-2-3-8-16(14)24(17)11-12-5-4-6-13(9-12)27-19(20,21)22/h2-9H,11H2,1H3. The Morgan fingerprint density at radius 1 is 1.19 bits per heavy atom. The Bertz CT molecular complexity index is 1050. The van der Waals surface area contributed by atoms with E-state index in [4.69, 9.17) is 4.74 Å². The minimum Gasteiger partial charge on any atom is -0.464 e. The number of methoxy groups -OCH3 is 1. The Labute approximate surface area is 152 Å². The second-order valence-electron chi connectivity index (χ2n) is 5.63.